The van der Waals surface area contributed by atoms with Crippen LogP contribution in [0.3, 0.4) is 0 Å². The van der Waals surface area contributed by atoms with E-state index >= 15 is 0 Å². The first kappa shape index (κ1) is 15.7. The van der Waals surface area contributed by atoms with Crippen molar-refractivity contribution in [1.82, 2.24) is 4.98 Å². The standard InChI is InChI=1S/C19H20N2OS/c1-14-11-16(17-13-23-19(21-17)9-10-20)7-8-18(14)22-12-15-5-3-2-4-6-15/h2-8,11,13H,9-10,12,20H2,1H3. The lowest BCUT2D eigenvalue weighted by atomic mass is 10.1. The van der Waals surface area contributed by atoms with Crippen LogP contribution in [0.1, 0.15) is 16.1 Å². The monoisotopic (exact) mass is 324 g/mol. The minimum atomic E-state index is 0.582. The van der Waals surface area contributed by atoms with Gasteiger partial charge in [0.15, 0.2) is 0 Å². The summed E-state index contributed by atoms with van der Waals surface area (Å²) >= 11 is 1.66. The molecule has 3 aromatic rings. The molecule has 118 valence electrons. The molecule has 0 aliphatic carbocycles. The van der Waals surface area contributed by atoms with Gasteiger partial charge in [-0.05, 0) is 42.8 Å². The topological polar surface area (TPSA) is 48.1 Å². The third kappa shape index (κ3) is 3.97. The summed E-state index contributed by atoms with van der Waals surface area (Å²) in [6.07, 6.45) is 0.835. The van der Waals surface area contributed by atoms with E-state index in [9.17, 15) is 0 Å². The van der Waals surface area contributed by atoms with E-state index in [1.54, 1.807) is 11.3 Å². The lowest BCUT2D eigenvalue weighted by Gasteiger charge is -2.10. The van der Waals surface area contributed by atoms with Crippen molar-refractivity contribution in [2.24, 2.45) is 5.73 Å². The molecule has 0 spiro atoms. The van der Waals surface area contributed by atoms with Gasteiger partial charge in [0.1, 0.15) is 12.4 Å². The number of ether oxygens (including phenoxy) is 1. The molecule has 3 rings (SSSR count). The molecular formula is C19H20N2OS. The summed E-state index contributed by atoms with van der Waals surface area (Å²) in [5.74, 6) is 0.912. The molecule has 4 heteroatoms. The van der Waals surface area contributed by atoms with Crippen molar-refractivity contribution < 1.29 is 4.74 Å². The third-order valence-corrected chi connectivity index (χ3v) is 4.53. The van der Waals surface area contributed by atoms with E-state index in [4.69, 9.17) is 10.5 Å². The van der Waals surface area contributed by atoms with Crippen molar-refractivity contribution >= 4 is 11.3 Å². The highest BCUT2D eigenvalue weighted by Crippen LogP contribution is 2.27. The minimum Gasteiger partial charge on any atom is -0.489 e. The fourth-order valence-corrected chi connectivity index (χ4v) is 3.21. The summed E-state index contributed by atoms with van der Waals surface area (Å²) in [5.41, 5.74) is 10.00. The molecule has 0 atom stereocenters. The maximum atomic E-state index is 5.92. The van der Waals surface area contributed by atoms with E-state index in [0.29, 0.717) is 13.2 Å². The number of aryl methyl sites for hydroxylation is 1. The molecule has 0 amide bonds. The third-order valence-electron chi connectivity index (χ3n) is 3.62. The first-order valence-corrected chi connectivity index (χ1v) is 8.56. The van der Waals surface area contributed by atoms with Gasteiger partial charge in [-0.2, -0.15) is 0 Å². The molecule has 2 aromatic carbocycles. The summed E-state index contributed by atoms with van der Waals surface area (Å²) in [4.78, 5) is 4.63. The number of nitrogens with two attached hydrogens (primary N) is 1. The zero-order chi connectivity index (χ0) is 16.1. The predicted octanol–water partition coefficient (Wildman–Crippen LogP) is 4.20. The van der Waals surface area contributed by atoms with Crippen LogP contribution in [0.5, 0.6) is 5.75 Å². The highest BCUT2D eigenvalue weighted by atomic mass is 32.1. The Morgan fingerprint density at radius 1 is 1.13 bits per heavy atom. The van der Waals surface area contributed by atoms with Gasteiger partial charge < -0.3 is 10.5 Å². The number of benzene rings is 2. The second-order valence-corrected chi connectivity index (χ2v) is 6.36. The molecule has 2 N–H and O–H groups in total. The molecule has 0 saturated heterocycles. The van der Waals surface area contributed by atoms with Gasteiger partial charge in [-0.1, -0.05) is 30.3 Å². The quantitative estimate of drug-likeness (QED) is 0.739. The van der Waals surface area contributed by atoms with Gasteiger partial charge in [0.2, 0.25) is 0 Å². The van der Waals surface area contributed by atoms with Crippen LogP contribution in [0, 0.1) is 6.92 Å². The van der Waals surface area contributed by atoms with Gasteiger partial charge in [-0.15, -0.1) is 11.3 Å². The van der Waals surface area contributed by atoms with E-state index in [2.05, 4.69) is 41.6 Å². The van der Waals surface area contributed by atoms with Crippen molar-refractivity contribution in [3.05, 3.63) is 70.0 Å². The van der Waals surface area contributed by atoms with Crippen LogP contribution in [0.15, 0.2) is 53.9 Å². The molecule has 3 nitrogen and oxygen atoms in total. The van der Waals surface area contributed by atoms with Crippen LogP contribution in [-0.2, 0) is 13.0 Å². The van der Waals surface area contributed by atoms with E-state index in [1.165, 1.54) is 5.56 Å². The number of thiazole rings is 1. The summed E-state index contributed by atoms with van der Waals surface area (Å²) < 4.78 is 5.92. The molecule has 1 heterocycles. The van der Waals surface area contributed by atoms with Crippen molar-refractivity contribution in [1.29, 1.82) is 0 Å². The normalized spacial score (nSPS) is 10.7. The smallest absolute Gasteiger partial charge is 0.122 e. The van der Waals surface area contributed by atoms with E-state index in [1.807, 2.05) is 24.3 Å². The maximum absolute atomic E-state index is 5.92. The highest BCUT2D eigenvalue weighted by Gasteiger charge is 2.07. The zero-order valence-corrected chi connectivity index (χ0v) is 14.0. The van der Waals surface area contributed by atoms with Crippen LogP contribution >= 0.6 is 11.3 Å². The van der Waals surface area contributed by atoms with Crippen LogP contribution in [0.4, 0.5) is 0 Å². The number of hydrogen-bond donors (Lipinski definition) is 1. The van der Waals surface area contributed by atoms with Gasteiger partial charge in [-0.25, -0.2) is 4.98 Å². The molecule has 0 unspecified atom stereocenters. The van der Waals surface area contributed by atoms with Gasteiger partial charge in [0.25, 0.3) is 0 Å². The largest absolute Gasteiger partial charge is 0.489 e. The van der Waals surface area contributed by atoms with Gasteiger partial charge >= 0.3 is 0 Å². The van der Waals surface area contributed by atoms with E-state index < -0.39 is 0 Å². The Morgan fingerprint density at radius 2 is 1.96 bits per heavy atom. The molecule has 0 bridgehead atoms. The minimum absolute atomic E-state index is 0.582. The molecule has 0 fully saturated rings. The first-order chi connectivity index (χ1) is 11.3. The fourth-order valence-electron chi connectivity index (χ4n) is 2.39. The van der Waals surface area contributed by atoms with Crippen molar-refractivity contribution in [3.63, 3.8) is 0 Å². The van der Waals surface area contributed by atoms with Crippen LogP contribution in [0.2, 0.25) is 0 Å². The summed E-state index contributed by atoms with van der Waals surface area (Å²) in [6, 6.07) is 16.4. The fraction of sp³-hybridized carbons (Fsp3) is 0.211. The van der Waals surface area contributed by atoms with E-state index in [-0.39, 0.29) is 0 Å². The Balaban J connectivity index is 1.72. The molecule has 23 heavy (non-hydrogen) atoms. The zero-order valence-electron chi connectivity index (χ0n) is 13.2. The van der Waals surface area contributed by atoms with Crippen molar-refractivity contribution in [3.8, 4) is 17.0 Å². The molecule has 1 aromatic heterocycles. The highest BCUT2D eigenvalue weighted by molar-refractivity contribution is 7.09. The van der Waals surface area contributed by atoms with Gasteiger partial charge in [0.05, 0.1) is 10.7 Å². The SMILES string of the molecule is Cc1cc(-c2csc(CCN)n2)ccc1OCc1ccccc1. The second kappa shape index (κ2) is 7.40. The van der Waals surface area contributed by atoms with Crippen LogP contribution < -0.4 is 10.5 Å². The second-order valence-electron chi connectivity index (χ2n) is 5.42. The summed E-state index contributed by atoms with van der Waals surface area (Å²) in [6.45, 7) is 3.29. The summed E-state index contributed by atoms with van der Waals surface area (Å²) in [5, 5.41) is 3.18. The Hall–Kier alpha value is -2.17. The Kier molecular flexibility index (Phi) is 5.05. The Labute approximate surface area is 140 Å². The maximum Gasteiger partial charge on any atom is 0.122 e. The van der Waals surface area contributed by atoms with Crippen LogP contribution in [-0.4, -0.2) is 11.5 Å². The average Bonchev–Trinajstić information content (AvgIpc) is 3.04. The summed E-state index contributed by atoms with van der Waals surface area (Å²) in [7, 11) is 0. The molecular weight excluding hydrogens is 304 g/mol. The molecule has 0 saturated carbocycles. The Bertz CT molecular complexity index is 768. The number of nitrogens with zero attached hydrogens (tertiary/aromatic N) is 1. The predicted molar refractivity (Wildman–Crippen MR) is 95.8 cm³/mol. The van der Waals surface area contributed by atoms with Crippen LogP contribution in [0.25, 0.3) is 11.3 Å². The van der Waals surface area contributed by atoms with Crippen molar-refractivity contribution in [2.45, 2.75) is 20.0 Å². The number of aromatic nitrogens is 1. The first-order valence-electron chi connectivity index (χ1n) is 7.68. The lowest BCUT2D eigenvalue weighted by Crippen LogP contribution is -2.02. The van der Waals surface area contributed by atoms with Gasteiger partial charge in [0, 0.05) is 17.4 Å². The molecule has 0 aliphatic rings. The average molecular weight is 324 g/mol. The number of hydrogen-bond acceptors (Lipinski definition) is 4. The van der Waals surface area contributed by atoms with Gasteiger partial charge in [-0.3, -0.25) is 0 Å². The number of rotatable bonds is 6. The lowest BCUT2D eigenvalue weighted by molar-refractivity contribution is 0.304. The van der Waals surface area contributed by atoms with Crippen molar-refractivity contribution in [2.75, 3.05) is 6.54 Å². The Morgan fingerprint density at radius 3 is 2.70 bits per heavy atom. The molecule has 0 radical (unpaired) electrons. The van der Waals surface area contributed by atoms with E-state index in [0.717, 1.165) is 34.0 Å². The molecule has 0 aliphatic heterocycles.